The summed E-state index contributed by atoms with van der Waals surface area (Å²) < 4.78 is 5.93. The minimum absolute atomic E-state index is 0.196. The van der Waals surface area contributed by atoms with E-state index in [0.29, 0.717) is 28.7 Å². The highest BCUT2D eigenvalue weighted by molar-refractivity contribution is 14.1. The van der Waals surface area contributed by atoms with E-state index in [1.807, 2.05) is 24.0 Å². The van der Waals surface area contributed by atoms with Crippen LogP contribution in [0.1, 0.15) is 49.7 Å². The summed E-state index contributed by atoms with van der Waals surface area (Å²) in [5, 5.41) is 9.87. The van der Waals surface area contributed by atoms with E-state index >= 15 is 0 Å². The third kappa shape index (κ3) is 3.30. The molecular formula is C18H24INO3. The molecule has 1 amide bonds. The maximum absolute atomic E-state index is 12.4. The number of phenols is 1. The van der Waals surface area contributed by atoms with Crippen LogP contribution in [-0.2, 0) is 11.2 Å². The van der Waals surface area contributed by atoms with Gasteiger partial charge in [0, 0.05) is 6.04 Å². The van der Waals surface area contributed by atoms with E-state index in [2.05, 4.69) is 22.6 Å². The van der Waals surface area contributed by atoms with E-state index < -0.39 is 0 Å². The summed E-state index contributed by atoms with van der Waals surface area (Å²) in [5.41, 5.74) is 2.57. The molecule has 0 radical (unpaired) electrons. The average molecular weight is 429 g/mol. The number of nitrogens with zero attached hydrogens (tertiary/aromatic N) is 1. The van der Waals surface area contributed by atoms with Gasteiger partial charge in [-0.25, -0.2) is 4.79 Å². The van der Waals surface area contributed by atoms with Gasteiger partial charge >= 0.3 is 6.09 Å². The number of aromatic hydroxyl groups is 1. The van der Waals surface area contributed by atoms with E-state index in [1.54, 1.807) is 6.07 Å². The first kappa shape index (κ1) is 16.9. The summed E-state index contributed by atoms with van der Waals surface area (Å²) in [6, 6.07) is 5.93. The summed E-state index contributed by atoms with van der Waals surface area (Å²) in [6.07, 6.45) is 5.42. The van der Waals surface area contributed by atoms with E-state index in [0.717, 1.165) is 19.3 Å². The normalized spacial score (nSPS) is 26.1. The molecule has 23 heavy (non-hydrogen) atoms. The molecule has 0 aromatic heterocycles. The zero-order valence-corrected chi connectivity index (χ0v) is 15.7. The van der Waals surface area contributed by atoms with E-state index in [9.17, 15) is 9.90 Å². The number of alkyl halides is 1. The molecule has 0 spiro atoms. The molecule has 0 bridgehead atoms. The average Bonchev–Trinajstić information content (AvgIpc) is 2.56. The maximum Gasteiger partial charge on any atom is 0.410 e. The molecule has 2 aliphatic rings. The second kappa shape index (κ2) is 7.28. The van der Waals surface area contributed by atoms with Crippen molar-refractivity contribution in [3.8, 4) is 5.75 Å². The van der Waals surface area contributed by atoms with Crippen molar-refractivity contribution < 1.29 is 14.6 Å². The summed E-state index contributed by atoms with van der Waals surface area (Å²) in [4.78, 5) is 14.3. The first-order chi connectivity index (χ1) is 11.2. The number of ether oxygens (including phenoxy) is 1. The number of rotatable bonds is 3. The van der Waals surface area contributed by atoms with Crippen LogP contribution in [0.15, 0.2) is 18.2 Å². The molecule has 0 aliphatic heterocycles. The van der Waals surface area contributed by atoms with Gasteiger partial charge in [0.15, 0.2) is 0 Å². The number of amides is 1. The number of halogens is 1. The number of phenolic OH excluding ortho intramolecular Hbond substituents is 1. The lowest BCUT2D eigenvalue weighted by Gasteiger charge is -2.46. The highest BCUT2D eigenvalue weighted by atomic mass is 127. The number of carbonyl (C=O) groups excluding carboxylic acids is 1. The Labute approximate surface area is 151 Å². The number of hydrogen-bond donors (Lipinski definition) is 1. The molecule has 0 heterocycles. The molecule has 3 rings (SSSR count). The number of fused-ring (bicyclic) bond motifs is 3. The lowest BCUT2D eigenvalue weighted by Crippen LogP contribution is -2.50. The monoisotopic (exact) mass is 429 g/mol. The SMILES string of the molecule is CCOC(=O)N(CI)[C@H]1Cc2ccc(O)cc2C2CCCCC21. The van der Waals surface area contributed by atoms with Gasteiger partial charge in [-0.05, 0) is 61.3 Å². The van der Waals surface area contributed by atoms with Gasteiger partial charge in [-0.2, -0.15) is 0 Å². The number of hydrogen-bond acceptors (Lipinski definition) is 3. The van der Waals surface area contributed by atoms with Crippen molar-refractivity contribution >= 4 is 28.7 Å². The molecule has 1 fully saturated rings. The fourth-order valence-corrected chi connectivity index (χ4v) is 5.10. The van der Waals surface area contributed by atoms with Crippen molar-refractivity contribution in [1.82, 2.24) is 4.90 Å². The van der Waals surface area contributed by atoms with E-state index in [-0.39, 0.29) is 12.1 Å². The molecule has 3 atom stereocenters. The molecule has 2 aliphatic carbocycles. The Kier molecular flexibility index (Phi) is 5.34. The number of benzene rings is 1. The van der Waals surface area contributed by atoms with Crippen LogP contribution >= 0.6 is 22.6 Å². The van der Waals surface area contributed by atoms with Crippen molar-refractivity contribution in [2.75, 3.05) is 11.2 Å². The summed E-state index contributed by atoms with van der Waals surface area (Å²) >= 11 is 2.26. The molecule has 1 aromatic carbocycles. The lowest BCUT2D eigenvalue weighted by atomic mass is 9.65. The second-order valence-corrected chi connectivity index (χ2v) is 7.18. The van der Waals surface area contributed by atoms with Crippen LogP contribution in [0.4, 0.5) is 4.79 Å². The van der Waals surface area contributed by atoms with Crippen LogP contribution in [-0.4, -0.2) is 33.3 Å². The van der Waals surface area contributed by atoms with Crippen LogP contribution in [0, 0.1) is 5.92 Å². The van der Waals surface area contributed by atoms with Gasteiger partial charge < -0.3 is 9.84 Å². The summed E-state index contributed by atoms with van der Waals surface area (Å²) in [5.74, 6) is 1.27. The predicted octanol–water partition coefficient (Wildman–Crippen LogP) is 4.44. The van der Waals surface area contributed by atoms with Crippen molar-refractivity contribution in [3.63, 3.8) is 0 Å². The Morgan fingerprint density at radius 2 is 2.17 bits per heavy atom. The van der Waals surface area contributed by atoms with Crippen molar-refractivity contribution in [2.24, 2.45) is 5.92 Å². The zero-order valence-electron chi connectivity index (χ0n) is 13.5. The Bertz CT molecular complexity index is 577. The summed E-state index contributed by atoms with van der Waals surface area (Å²) in [7, 11) is 0. The van der Waals surface area contributed by atoms with Crippen LogP contribution in [0.25, 0.3) is 0 Å². The van der Waals surface area contributed by atoms with Crippen molar-refractivity contribution in [1.29, 1.82) is 0 Å². The molecule has 5 heteroatoms. The van der Waals surface area contributed by atoms with E-state index in [1.165, 1.54) is 24.0 Å². The molecule has 2 unspecified atom stereocenters. The molecule has 1 aromatic rings. The van der Waals surface area contributed by atoms with Gasteiger partial charge in [-0.3, -0.25) is 4.90 Å². The Morgan fingerprint density at radius 3 is 2.91 bits per heavy atom. The fourth-order valence-electron chi connectivity index (χ4n) is 4.32. The second-order valence-electron chi connectivity index (χ2n) is 6.50. The quantitative estimate of drug-likeness (QED) is 0.439. The standard InChI is InChI=1S/C18H24INO3/c1-2-23-18(22)20(11-19)17-9-12-7-8-13(21)10-16(12)14-5-3-4-6-15(14)17/h7-8,10,14-15,17,21H,2-6,9,11H2,1H3/t14?,15?,17-/m0/s1. The molecular weight excluding hydrogens is 405 g/mol. The Hall–Kier alpha value is -0.980. The van der Waals surface area contributed by atoms with Gasteiger partial charge in [0.25, 0.3) is 0 Å². The lowest BCUT2D eigenvalue weighted by molar-refractivity contribution is 0.0700. The Balaban J connectivity index is 1.95. The first-order valence-electron chi connectivity index (χ1n) is 8.46. The summed E-state index contributed by atoms with van der Waals surface area (Å²) in [6.45, 7) is 2.27. The van der Waals surface area contributed by atoms with Gasteiger partial charge in [0.2, 0.25) is 0 Å². The van der Waals surface area contributed by atoms with Crippen molar-refractivity contribution in [3.05, 3.63) is 29.3 Å². The minimum atomic E-state index is -0.196. The largest absolute Gasteiger partial charge is 0.508 e. The van der Waals surface area contributed by atoms with Gasteiger partial charge in [-0.1, -0.05) is 41.5 Å². The molecule has 1 N–H and O–H groups in total. The van der Waals surface area contributed by atoms with Crippen LogP contribution < -0.4 is 0 Å². The fraction of sp³-hybridized carbons (Fsp3) is 0.611. The minimum Gasteiger partial charge on any atom is -0.508 e. The first-order valence-corrected chi connectivity index (χ1v) is 9.99. The molecule has 4 nitrogen and oxygen atoms in total. The maximum atomic E-state index is 12.4. The third-order valence-electron chi connectivity index (χ3n) is 5.30. The van der Waals surface area contributed by atoms with Gasteiger partial charge in [-0.15, -0.1) is 0 Å². The topological polar surface area (TPSA) is 49.8 Å². The van der Waals surface area contributed by atoms with Gasteiger partial charge in [0.1, 0.15) is 5.75 Å². The third-order valence-corrected chi connectivity index (χ3v) is 6.04. The van der Waals surface area contributed by atoms with Gasteiger partial charge in [0.05, 0.1) is 11.2 Å². The van der Waals surface area contributed by atoms with Crippen LogP contribution in [0.3, 0.4) is 0 Å². The van der Waals surface area contributed by atoms with E-state index in [4.69, 9.17) is 4.74 Å². The Morgan fingerprint density at radius 1 is 1.39 bits per heavy atom. The van der Waals surface area contributed by atoms with Crippen molar-refractivity contribution in [2.45, 2.75) is 51.0 Å². The van der Waals surface area contributed by atoms with Crippen LogP contribution in [0.2, 0.25) is 0 Å². The smallest absolute Gasteiger partial charge is 0.410 e. The molecule has 1 saturated carbocycles. The van der Waals surface area contributed by atoms with Crippen LogP contribution in [0.5, 0.6) is 5.75 Å². The zero-order chi connectivity index (χ0) is 16.4. The highest BCUT2D eigenvalue weighted by Gasteiger charge is 2.42. The number of carbonyl (C=O) groups is 1. The predicted molar refractivity (Wildman–Crippen MR) is 98.0 cm³/mol. The molecule has 126 valence electrons. The highest BCUT2D eigenvalue weighted by Crippen LogP contribution is 2.47. The molecule has 0 saturated heterocycles.